The van der Waals surface area contributed by atoms with E-state index in [1.165, 1.54) is 0 Å². The molecule has 0 saturated heterocycles. The summed E-state index contributed by atoms with van der Waals surface area (Å²) in [4.78, 5) is 23.7. The summed E-state index contributed by atoms with van der Waals surface area (Å²) in [6.07, 6.45) is 0.889. The number of carbonyl (C=O) groups excluding carboxylic acids is 2. The minimum atomic E-state index is -0.980. The predicted octanol–water partition coefficient (Wildman–Crippen LogP) is 2.46. The van der Waals surface area contributed by atoms with Gasteiger partial charge < -0.3 is 10.1 Å². The molecular formula is C17H22N2O3. The Morgan fingerprint density at radius 2 is 1.91 bits per heavy atom. The quantitative estimate of drug-likeness (QED) is 0.819. The summed E-state index contributed by atoms with van der Waals surface area (Å²) in [7, 11) is 0. The van der Waals surface area contributed by atoms with Gasteiger partial charge in [-0.3, -0.25) is 4.79 Å². The highest BCUT2D eigenvalue weighted by molar-refractivity contribution is 5.91. The standard InChI is InChI=1S/C17H22N2O3/c1-5-13-6-8-14(9-7-13)16(21)22-10-15(20)19-17(4,11-18)12(2)3/h6-9,12H,5,10H2,1-4H3,(H,19,20)/t17-/m1/s1. The van der Waals surface area contributed by atoms with Crippen LogP contribution < -0.4 is 5.32 Å². The first-order chi connectivity index (χ1) is 10.3. The van der Waals surface area contributed by atoms with Crippen LogP contribution in [0.2, 0.25) is 0 Å². The molecule has 5 heteroatoms. The number of aryl methyl sites for hydroxylation is 1. The summed E-state index contributed by atoms with van der Waals surface area (Å²) in [5.41, 5.74) is 0.541. The van der Waals surface area contributed by atoms with E-state index in [1.807, 2.05) is 32.9 Å². The molecule has 118 valence electrons. The van der Waals surface area contributed by atoms with Crippen LogP contribution in [0.3, 0.4) is 0 Å². The lowest BCUT2D eigenvalue weighted by molar-refractivity contribution is -0.125. The fraction of sp³-hybridized carbons (Fsp3) is 0.471. The van der Waals surface area contributed by atoms with Crippen molar-refractivity contribution >= 4 is 11.9 Å². The number of esters is 1. The smallest absolute Gasteiger partial charge is 0.338 e. The average Bonchev–Trinajstić information content (AvgIpc) is 2.52. The molecule has 0 bridgehead atoms. The van der Waals surface area contributed by atoms with Crippen LogP contribution in [0.5, 0.6) is 0 Å². The zero-order valence-corrected chi connectivity index (χ0v) is 13.5. The molecule has 0 spiro atoms. The number of rotatable bonds is 6. The largest absolute Gasteiger partial charge is 0.452 e. The number of ether oxygens (including phenoxy) is 1. The first-order valence-electron chi connectivity index (χ1n) is 7.30. The van der Waals surface area contributed by atoms with Gasteiger partial charge in [-0.25, -0.2) is 4.79 Å². The molecule has 1 amide bonds. The molecule has 22 heavy (non-hydrogen) atoms. The summed E-state index contributed by atoms with van der Waals surface area (Å²) in [6.45, 7) is 6.94. The SMILES string of the molecule is CCc1ccc(C(=O)OCC(=O)N[C@](C)(C#N)C(C)C)cc1. The van der Waals surface area contributed by atoms with Crippen LogP contribution in [-0.4, -0.2) is 24.0 Å². The van der Waals surface area contributed by atoms with Gasteiger partial charge in [0.2, 0.25) is 0 Å². The van der Waals surface area contributed by atoms with E-state index >= 15 is 0 Å². The van der Waals surface area contributed by atoms with E-state index < -0.39 is 24.0 Å². The second-order valence-corrected chi connectivity index (χ2v) is 5.64. The van der Waals surface area contributed by atoms with E-state index in [-0.39, 0.29) is 5.92 Å². The Morgan fingerprint density at radius 1 is 1.32 bits per heavy atom. The van der Waals surface area contributed by atoms with Gasteiger partial charge in [0, 0.05) is 0 Å². The van der Waals surface area contributed by atoms with Gasteiger partial charge in [-0.15, -0.1) is 0 Å². The van der Waals surface area contributed by atoms with Crippen molar-refractivity contribution in [2.24, 2.45) is 5.92 Å². The summed E-state index contributed by atoms with van der Waals surface area (Å²) >= 11 is 0. The van der Waals surface area contributed by atoms with Gasteiger partial charge in [0.15, 0.2) is 6.61 Å². The van der Waals surface area contributed by atoms with E-state index in [2.05, 4.69) is 11.4 Å². The van der Waals surface area contributed by atoms with Gasteiger partial charge in [0.25, 0.3) is 5.91 Å². The summed E-state index contributed by atoms with van der Waals surface area (Å²) in [5, 5.41) is 11.7. The summed E-state index contributed by atoms with van der Waals surface area (Å²) < 4.78 is 4.97. The molecule has 0 saturated carbocycles. The average molecular weight is 302 g/mol. The van der Waals surface area contributed by atoms with Crippen molar-refractivity contribution in [1.29, 1.82) is 5.26 Å². The molecule has 1 aromatic rings. The third-order valence-electron chi connectivity index (χ3n) is 3.72. The number of carbonyl (C=O) groups is 2. The van der Waals surface area contributed by atoms with E-state index in [9.17, 15) is 9.59 Å². The second kappa shape index (κ2) is 7.60. The van der Waals surface area contributed by atoms with Crippen LogP contribution in [0, 0.1) is 17.2 Å². The lowest BCUT2D eigenvalue weighted by Gasteiger charge is -2.27. The first kappa shape index (κ1) is 17.7. The minimum absolute atomic E-state index is 0.0567. The molecule has 0 heterocycles. The topological polar surface area (TPSA) is 79.2 Å². The maximum absolute atomic E-state index is 11.9. The molecule has 0 aliphatic rings. The molecule has 0 aliphatic heterocycles. The Balaban J connectivity index is 2.56. The number of benzene rings is 1. The Morgan fingerprint density at radius 3 is 2.36 bits per heavy atom. The van der Waals surface area contributed by atoms with Gasteiger partial charge in [-0.05, 0) is 37.0 Å². The van der Waals surface area contributed by atoms with Crippen LogP contribution in [0.25, 0.3) is 0 Å². The van der Waals surface area contributed by atoms with Gasteiger partial charge in [-0.1, -0.05) is 32.9 Å². The highest BCUT2D eigenvalue weighted by Gasteiger charge is 2.30. The maximum Gasteiger partial charge on any atom is 0.338 e. The van der Waals surface area contributed by atoms with E-state index in [1.54, 1.807) is 19.1 Å². The van der Waals surface area contributed by atoms with Crippen molar-refractivity contribution in [2.45, 2.75) is 39.7 Å². The van der Waals surface area contributed by atoms with E-state index in [4.69, 9.17) is 10.00 Å². The Hall–Kier alpha value is -2.35. The summed E-state index contributed by atoms with van der Waals surface area (Å²) in [5.74, 6) is -1.10. The van der Waals surface area contributed by atoms with Crippen LogP contribution in [0.4, 0.5) is 0 Å². The fourth-order valence-electron chi connectivity index (χ4n) is 1.72. The number of nitrogens with zero attached hydrogens (tertiary/aromatic N) is 1. The number of hydrogen-bond acceptors (Lipinski definition) is 4. The molecule has 0 aliphatic carbocycles. The molecule has 0 aromatic heterocycles. The zero-order valence-electron chi connectivity index (χ0n) is 13.5. The third kappa shape index (κ3) is 4.59. The molecule has 0 unspecified atom stereocenters. The van der Waals surface area contributed by atoms with Crippen molar-refractivity contribution in [3.8, 4) is 6.07 Å². The first-order valence-corrected chi connectivity index (χ1v) is 7.30. The Labute approximate surface area is 131 Å². The van der Waals surface area contributed by atoms with Crippen LogP contribution in [-0.2, 0) is 16.0 Å². The molecule has 1 N–H and O–H groups in total. The van der Waals surface area contributed by atoms with Gasteiger partial charge in [-0.2, -0.15) is 5.26 Å². The highest BCUT2D eigenvalue weighted by atomic mass is 16.5. The van der Waals surface area contributed by atoms with Gasteiger partial charge >= 0.3 is 5.97 Å². The molecular weight excluding hydrogens is 280 g/mol. The predicted molar refractivity (Wildman–Crippen MR) is 83.1 cm³/mol. The molecule has 0 radical (unpaired) electrons. The molecule has 1 rings (SSSR count). The van der Waals surface area contributed by atoms with Crippen LogP contribution in [0.1, 0.15) is 43.6 Å². The number of hydrogen-bond donors (Lipinski definition) is 1. The minimum Gasteiger partial charge on any atom is -0.452 e. The maximum atomic E-state index is 11.9. The molecule has 5 nitrogen and oxygen atoms in total. The van der Waals surface area contributed by atoms with Gasteiger partial charge in [0.05, 0.1) is 11.6 Å². The zero-order chi connectivity index (χ0) is 16.8. The van der Waals surface area contributed by atoms with E-state index in [0.717, 1.165) is 12.0 Å². The van der Waals surface area contributed by atoms with Crippen LogP contribution >= 0.6 is 0 Å². The van der Waals surface area contributed by atoms with Gasteiger partial charge in [0.1, 0.15) is 5.54 Å². The summed E-state index contributed by atoms with van der Waals surface area (Å²) in [6, 6.07) is 9.11. The molecule has 1 aromatic carbocycles. The normalized spacial score (nSPS) is 13.1. The second-order valence-electron chi connectivity index (χ2n) is 5.64. The van der Waals surface area contributed by atoms with E-state index in [0.29, 0.717) is 5.56 Å². The van der Waals surface area contributed by atoms with Crippen molar-refractivity contribution in [3.05, 3.63) is 35.4 Å². The lowest BCUT2D eigenvalue weighted by Crippen LogP contribution is -2.50. The monoisotopic (exact) mass is 302 g/mol. The lowest BCUT2D eigenvalue weighted by atomic mass is 9.90. The van der Waals surface area contributed by atoms with Crippen molar-refractivity contribution in [2.75, 3.05) is 6.61 Å². The number of nitrogens with one attached hydrogen (secondary N) is 1. The molecule has 1 atom stereocenters. The Kier molecular flexibility index (Phi) is 6.11. The highest BCUT2D eigenvalue weighted by Crippen LogP contribution is 2.15. The third-order valence-corrected chi connectivity index (χ3v) is 3.72. The fourth-order valence-corrected chi connectivity index (χ4v) is 1.72. The van der Waals surface area contributed by atoms with Crippen molar-refractivity contribution in [1.82, 2.24) is 5.32 Å². The molecule has 0 fully saturated rings. The number of amides is 1. The Bertz CT molecular complexity index is 573. The van der Waals surface area contributed by atoms with Crippen molar-refractivity contribution < 1.29 is 14.3 Å². The van der Waals surface area contributed by atoms with Crippen LogP contribution in [0.15, 0.2) is 24.3 Å². The number of nitriles is 1. The van der Waals surface area contributed by atoms with Crippen molar-refractivity contribution in [3.63, 3.8) is 0 Å².